The van der Waals surface area contributed by atoms with Crippen molar-refractivity contribution in [1.29, 1.82) is 0 Å². The molecule has 0 bridgehead atoms. The molecule has 0 unspecified atom stereocenters. The summed E-state index contributed by atoms with van der Waals surface area (Å²) < 4.78 is 9.75. The van der Waals surface area contributed by atoms with Gasteiger partial charge in [-0.3, -0.25) is 0 Å². The molecule has 0 aromatic carbocycles. The van der Waals surface area contributed by atoms with Gasteiger partial charge in [0.25, 0.3) is 0 Å². The van der Waals surface area contributed by atoms with Crippen LogP contribution in [0.2, 0.25) is 0 Å². The maximum Gasteiger partial charge on any atom is 0.341 e. The van der Waals surface area contributed by atoms with Crippen molar-refractivity contribution in [3.8, 4) is 11.8 Å². The summed E-state index contributed by atoms with van der Waals surface area (Å²) in [6.07, 6.45) is 0. The van der Waals surface area contributed by atoms with Gasteiger partial charge >= 0.3 is 5.97 Å². The smallest absolute Gasteiger partial charge is 0.341 e. The van der Waals surface area contributed by atoms with Crippen molar-refractivity contribution in [2.24, 2.45) is 0 Å². The van der Waals surface area contributed by atoms with Crippen LogP contribution in [0.25, 0.3) is 0 Å². The molecular formula is C9H11NO4. The molecule has 1 aromatic rings. The monoisotopic (exact) mass is 197 g/mol. The van der Waals surface area contributed by atoms with E-state index in [9.17, 15) is 4.79 Å². The van der Waals surface area contributed by atoms with Crippen LogP contribution in [0.5, 0.6) is 11.8 Å². The molecule has 0 radical (unpaired) electrons. The van der Waals surface area contributed by atoms with Crippen molar-refractivity contribution >= 4 is 5.97 Å². The van der Waals surface area contributed by atoms with E-state index in [4.69, 9.17) is 14.6 Å². The van der Waals surface area contributed by atoms with E-state index >= 15 is 0 Å². The summed E-state index contributed by atoms with van der Waals surface area (Å²) in [5, 5.41) is 8.88. The highest BCUT2D eigenvalue weighted by molar-refractivity contribution is 5.92. The Bertz CT molecular complexity index is 362. The number of hydrogen-bond donors (Lipinski definition) is 1. The van der Waals surface area contributed by atoms with E-state index in [2.05, 4.69) is 4.98 Å². The Morgan fingerprint density at radius 1 is 1.43 bits per heavy atom. The maximum atomic E-state index is 10.8. The van der Waals surface area contributed by atoms with Crippen LogP contribution in [0.15, 0.2) is 6.07 Å². The summed E-state index contributed by atoms with van der Waals surface area (Å²) >= 11 is 0. The van der Waals surface area contributed by atoms with Gasteiger partial charge in [-0.1, -0.05) is 0 Å². The van der Waals surface area contributed by atoms with Crippen LogP contribution in [-0.2, 0) is 0 Å². The Balaban J connectivity index is 3.34. The van der Waals surface area contributed by atoms with Gasteiger partial charge in [0.05, 0.1) is 14.2 Å². The first-order valence-corrected chi connectivity index (χ1v) is 3.93. The van der Waals surface area contributed by atoms with E-state index in [1.165, 1.54) is 14.2 Å². The fourth-order valence-corrected chi connectivity index (χ4v) is 1.13. The zero-order valence-corrected chi connectivity index (χ0v) is 8.20. The largest absolute Gasteiger partial charge is 0.481 e. The molecule has 1 heterocycles. The quantitative estimate of drug-likeness (QED) is 0.785. The number of carbonyl (C=O) groups is 1. The summed E-state index contributed by atoms with van der Waals surface area (Å²) in [6, 6.07) is 1.55. The molecule has 0 amide bonds. The number of aromatic nitrogens is 1. The van der Waals surface area contributed by atoms with Crippen LogP contribution in [0, 0.1) is 6.92 Å². The summed E-state index contributed by atoms with van der Waals surface area (Å²) in [6.45, 7) is 1.66. The minimum absolute atomic E-state index is 0.0632. The van der Waals surface area contributed by atoms with Gasteiger partial charge in [0.15, 0.2) is 0 Å². The van der Waals surface area contributed by atoms with Crippen molar-refractivity contribution in [3.05, 3.63) is 17.2 Å². The van der Waals surface area contributed by atoms with Gasteiger partial charge in [-0.2, -0.15) is 4.98 Å². The molecule has 1 N–H and O–H groups in total. The molecule has 0 atom stereocenters. The van der Waals surface area contributed by atoms with Gasteiger partial charge in [-0.25, -0.2) is 4.79 Å². The van der Waals surface area contributed by atoms with Crippen LogP contribution in [0.4, 0.5) is 0 Å². The van der Waals surface area contributed by atoms with E-state index in [0.717, 1.165) is 0 Å². The first-order valence-electron chi connectivity index (χ1n) is 3.93. The predicted octanol–water partition coefficient (Wildman–Crippen LogP) is 1.11. The van der Waals surface area contributed by atoms with Crippen molar-refractivity contribution in [2.75, 3.05) is 14.2 Å². The number of rotatable bonds is 3. The number of aromatic carboxylic acids is 1. The predicted molar refractivity (Wildman–Crippen MR) is 49.0 cm³/mol. The molecule has 5 nitrogen and oxygen atoms in total. The zero-order chi connectivity index (χ0) is 10.7. The molecule has 1 rings (SSSR count). The minimum atomic E-state index is -1.06. The molecule has 14 heavy (non-hydrogen) atoms. The number of carboxylic acid groups (broad SMARTS) is 1. The van der Waals surface area contributed by atoms with E-state index in [0.29, 0.717) is 11.4 Å². The number of carboxylic acids is 1. The van der Waals surface area contributed by atoms with Crippen molar-refractivity contribution in [1.82, 2.24) is 4.98 Å². The van der Waals surface area contributed by atoms with Crippen LogP contribution in [0.3, 0.4) is 0 Å². The molecule has 0 spiro atoms. The van der Waals surface area contributed by atoms with E-state index < -0.39 is 5.97 Å². The van der Waals surface area contributed by atoms with Gasteiger partial charge < -0.3 is 14.6 Å². The third-order valence-electron chi connectivity index (χ3n) is 1.78. The molecule has 1 aromatic heterocycles. The first kappa shape index (κ1) is 10.3. The van der Waals surface area contributed by atoms with Crippen LogP contribution < -0.4 is 9.47 Å². The molecule has 0 aliphatic heterocycles. The number of aryl methyl sites for hydroxylation is 1. The first-order chi connectivity index (χ1) is 6.60. The van der Waals surface area contributed by atoms with Crippen LogP contribution in [-0.4, -0.2) is 30.3 Å². The maximum absolute atomic E-state index is 10.8. The Hall–Kier alpha value is -1.78. The van der Waals surface area contributed by atoms with Crippen molar-refractivity contribution in [2.45, 2.75) is 6.92 Å². The highest BCUT2D eigenvalue weighted by Crippen LogP contribution is 2.23. The molecule has 0 aliphatic carbocycles. The second kappa shape index (κ2) is 3.95. The lowest BCUT2D eigenvalue weighted by molar-refractivity contribution is 0.0691. The van der Waals surface area contributed by atoms with E-state index in [1.54, 1.807) is 13.0 Å². The fraction of sp³-hybridized carbons (Fsp3) is 0.333. The van der Waals surface area contributed by atoms with Crippen LogP contribution >= 0.6 is 0 Å². The second-order valence-corrected chi connectivity index (χ2v) is 2.67. The highest BCUT2D eigenvalue weighted by atomic mass is 16.5. The Kier molecular flexibility index (Phi) is 2.91. The third kappa shape index (κ3) is 1.76. The lowest BCUT2D eigenvalue weighted by Crippen LogP contribution is -2.06. The van der Waals surface area contributed by atoms with Crippen molar-refractivity contribution in [3.63, 3.8) is 0 Å². The van der Waals surface area contributed by atoms with E-state index in [-0.39, 0.29) is 11.4 Å². The summed E-state index contributed by atoms with van der Waals surface area (Å²) in [7, 11) is 2.83. The second-order valence-electron chi connectivity index (χ2n) is 2.67. The Morgan fingerprint density at radius 3 is 2.50 bits per heavy atom. The number of pyridine rings is 1. The Morgan fingerprint density at radius 2 is 2.07 bits per heavy atom. The molecule has 0 saturated carbocycles. The van der Waals surface area contributed by atoms with Gasteiger partial charge in [0, 0.05) is 6.07 Å². The highest BCUT2D eigenvalue weighted by Gasteiger charge is 2.17. The van der Waals surface area contributed by atoms with E-state index in [1.807, 2.05) is 0 Å². The lowest BCUT2D eigenvalue weighted by atomic mass is 10.1. The minimum Gasteiger partial charge on any atom is -0.481 e. The number of hydrogen-bond acceptors (Lipinski definition) is 4. The summed E-state index contributed by atoms with van der Waals surface area (Å²) in [5.74, 6) is -0.659. The average molecular weight is 197 g/mol. The molecular weight excluding hydrogens is 186 g/mol. The molecule has 0 aliphatic rings. The number of ether oxygens (including phenoxy) is 2. The molecule has 5 heteroatoms. The van der Waals surface area contributed by atoms with Gasteiger partial charge in [-0.05, 0) is 12.5 Å². The van der Waals surface area contributed by atoms with Crippen molar-refractivity contribution < 1.29 is 19.4 Å². The fourth-order valence-electron chi connectivity index (χ4n) is 1.13. The molecule has 76 valence electrons. The average Bonchev–Trinajstić information content (AvgIpc) is 2.15. The normalized spacial score (nSPS) is 9.64. The topological polar surface area (TPSA) is 68.7 Å². The molecule has 0 fully saturated rings. The lowest BCUT2D eigenvalue weighted by Gasteiger charge is -2.08. The summed E-state index contributed by atoms with van der Waals surface area (Å²) in [4.78, 5) is 14.7. The van der Waals surface area contributed by atoms with Crippen LogP contribution in [0.1, 0.15) is 15.9 Å². The summed E-state index contributed by atoms with van der Waals surface area (Å²) in [5.41, 5.74) is 0.620. The van der Waals surface area contributed by atoms with Gasteiger partial charge in [0.2, 0.25) is 11.8 Å². The molecule has 0 saturated heterocycles. The Labute approximate surface area is 81.3 Å². The number of nitrogens with zero attached hydrogens (tertiary/aromatic N) is 1. The zero-order valence-electron chi connectivity index (χ0n) is 8.20. The standard InChI is InChI=1S/C9H11NO4/c1-5-4-6(13-2)10-8(14-3)7(5)9(11)12/h4H,1-3H3,(H,11,12). The SMILES string of the molecule is COc1cc(C)c(C(=O)O)c(OC)n1. The number of methoxy groups -OCH3 is 2. The van der Waals surface area contributed by atoms with Gasteiger partial charge in [0.1, 0.15) is 5.56 Å². The third-order valence-corrected chi connectivity index (χ3v) is 1.78. The van der Waals surface area contributed by atoms with Gasteiger partial charge in [-0.15, -0.1) is 0 Å².